The normalized spacial score (nSPS) is 10.4. The summed E-state index contributed by atoms with van der Waals surface area (Å²) in [5, 5.41) is 7.12. The molecule has 0 atom stereocenters. The molecule has 0 unspecified atom stereocenters. The molecular formula is C10H11ClN4O. The predicted octanol–water partition coefficient (Wildman–Crippen LogP) is 2.02. The highest BCUT2D eigenvalue weighted by Gasteiger charge is 2.10. The van der Waals surface area contributed by atoms with E-state index >= 15 is 0 Å². The van der Waals surface area contributed by atoms with Crippen LogP contribution in [0.3, 0.4) is 0 Å². The monoisotopic (exact) mass is 238 g/mol. The van der Waals surface area contributed by atoms with Crippen LogP contribution in [0.4, 0.5) is 0 Å². The van der Waals surface area contributed by atoms with Crippen LogP contribution >= 0.6 is 11.6 Å². The molecule has 0 amide bonds. The van der Waals surface area contributed by atoms with E-state index in [0.29, 0.717) is 23.3 Å². The average Bonchev–Trinajstić information content (AvgIpc) is 2.67. The Hall–Kier alpha value is -1.59. The number of ether oxygens (including phenoxy) is 1. The molecule has 3 N–H and O–H groups in total. The summed E-state index contributed by atoms with van der Waals surface area (Å²) in [7, 11) is 0. The van der Waals surface area contributed by atoms with E-state index in [1.54, 1.807) is 18.3 Å². The third-order valence-corrected chi connectivity index (χ3v) is 2.45. The summed E-state index contributed by atoms with van der Waals surface area (Å²) >= 11 is 6.06. The summed E-state index contributed by atoms with van der Waals surface area (Å²) in [5.74, 6) is 0.747. The summed E-state index contributed by atoms with van der Waals surface area (Å²) in [6.45, 7) is 2.22. The molecule has 0 aliphatic rings. The number of aromatic amines is 1. The minimum atomic E-state index is 0.316. The molecule has 0 saturated heterocycles. The zero-order chi connectivity index (χ0) is 11.5. The van der Waals surface area contributed by atoms with Gasteiger partial charge in [0.15, 0.2) is 0 Å². The number of nitrogens with one attached hydrogen (secondary N) is 1. The van der Waals surface area contributed by atoms with Gasteiger partial charge in [-0.2, -0.15) is 0 Å². The van der Waals surface area contributed by atoms with Crippen LogP contribution in [0.2, 0.25) is 5.02 Å². The van der Waals surface area contributed by atoms with Crippen molar-refractivity contribution in [3.63, 3.8) is 0 Å². The van der Waals surface area contributed by atoms with Crippen LogP contribution in [0.15, 0.2) is 18.3 Å². The molecule has 0 aliphatic carbocycles. The van der Waals surface area contributed by atoms with E-state index in [-0.39, 0.29) is 0 Å². The molecule has 0 radical (unpaired) electrons. The van der Waals surface area contributed by atoms with Crippen molar-refractivity contribution in [3.05, 3.63) is 34.6 Å². The second-order valence-corrected chi connectivity index (χ2v) is 3.66. The summed E-state index contributed by atoms with van der Waals surface area (Å²) < 4.78 is 5.43. The molecule has 2 aromatic heterocycles. The Morgan fingerprint density at radius 1 is 1.56 bits per heavy atom. The lowest BCUT2D eigenvalue weighted by molar-refractivity contribution is 0.443. The van der Waals surface area contributed by atoms with Crippen molar-refractivity contribution in [2.45, 2.75) is 13.5 Å². The van der Waals surface area contributed by atoms with Gasteiger partial charge in [-0.1, -0.05) is 11.6 Å². The number of hydrogen-bond donors (Lipinski definition) is 2. The molecule has 6 heteroatoms. The Labute approximate surface area is 97.6 Å². The lowest BCUT2D eigenvalue weighted by Crippen LogP contribution is -1.99. The number of halogens is 1. The van der Waals surface area contributed by atoms with Gasteiger partial charge >= 0.3 is 0 Å². The highest BCUT2D eigenvalue weighted by molar-refractivity contribution is 6.32. The fourth-order valence-corrected chi connectivity index (χ4v) is 1.46. The molecule has 2 aromatic rings. The van der Waals surface area contributed by atoms with E-state index in [9.17, 15) is 0 Å². The predicted molar refractivity (Wildman–Crippen MR) is 60.5 cm³/mol. The third kappa shape index (κ3) is 2.15. The Morgan fingerprint density at radius 3 is 3.00 bits per heavy atom. The largest absolute Gasteiger partial charge is 0.417 e. The van der Waals surface area contributed by atoms with Crippen molar-refractivity contribution in [1.29, 1.82) is 0 Å². The molecule has 2 heterocycles. The van der Waals surface area contributed by atoms with Crippen molar-refractivity contribution < 1.29 is 4.74 Å². The lowest BCUT2D eigenvalue weighted by Gasteiger charge is -2.05. The summed E-state index contributed by atoms with van der Waals surface area (Å²) in [4.78, 5) is 4.03. The number of rotatable bonds is 3. The maximum absolute atomic E-state index is 6.06. The van der Waals surface area contributed by atoms with Crippen LogP contribution in [-0.2, 0) is 6.54 Å². The summed E-state index contributed by atoms with van der Waals surface area (Å²) in [5.41, 5.74) is 7.22. The molecule has 0 bridgehead atoms. The Kier molecular flexibility index (Phi) is 3.07. The minimum absolute atomic E-state index is 0.316. The first-order chi connectivity index (χ1) is 7.70. The van der Waals surface area contributed by atoms with Crippen molar-refractivity contribution in [2.75, 3.05) is 0 Å². The molecular weight excluding hydrogens is 228 g/mol. The zero-order valence-corrected chi connectivity index (χ0v) is 9.45. The Morgan fingerprint density at radius 2 is 2.38 bits per heavy atom. The molecule has 84 valence electrons. The SMILES string of the molecule is Cc1cc(Oc2nccc(CN)c2Cl)n[nH]1. The number of nitrogens with two attached hydrogens (primary N) is 1. The smallest absolute Gasteiger partial charge is 0.240 e. The van der Waals surface area contributed by atoms with Crippen molar-refractivity contribution in [1.82, 2.24) is 15.2 Å². The minimum Gasteiger partial charge on any atom is -0.417 e. The second-order valence-electron chi connectivity index (χ2n) is 3.28. The van der Waals surface area contributed by atoms with Crippen LogP contribution in [-0.4, -0.2) is 15.2 Å². The maximum Gasteiger partial charge on any atom is 0.240 e. The number of nitrogens with zero attached hydrogens (tertiary/aromatic N) is 2. The number of pyridine rings is 1. The molecule has 0 aliphatic heterocycles. The number of H-pyrrole nitrogens is 1. The number of hydrogen-bond acceptors (Lipinski definition) is 4. The third-order valence-electron chi connectivity index (χ3n) is 2.04. The Balaban J connectivity index is 2.28. The molecule has 0 spiro atoms. The zero-order valence-electron chi connectivity index (χ0n) is 8.70. The van der Waals surface area contributed by atoms with Crippen LogP contribution in [0.1, 0.15) is 11.3 Å². The van der Waals surface area contributed by atoms with Gasteiger partial charge in [0, 0.05) is 24.5 Å². The van der Waals surface area contributed by atoms with Gasteiger partial charge in [0.05, 0.1) is 0 Å². The van der Waals surface area contributed by atoms with Gasteiger partial charge in [0.25, 0.3) is 0 Å². The first-order valence-corrected chi connectivity index (χ1v) is 5.12. The van der Waals surface area contributed by atoms with Gasteiger partial charge in [0.1, 0.15) is 5.02 Å². The number of aryl methyl sites for hydroxylation is 1. The summed E-state index contributed by atoms with van der Waals surface area (Å²) in [6.07, 6.45) is 1.60. The first-order valence-electron chi connectivity index (χ1n) is 4.74. The van der Waals surface area contributed by atoms with Crippen molar-refractivity contribution in [3.8, 4) is 11.8 Å². The quantitative estimate of drug-likeness (QED) is 0.858. The van der Waals surface area contributed by atoms with Crippen molar-refractivity contribution >= 4 is 11.6 Å². The standard InChI is InChI=1S/C10H11ClN4O/c1-6-4-8(15-14-6)16-10-9(11)7(5-12)2-3-13-10/h2-4H,5,12H2,1H3,(H,14,15). The van der Waals surface area contributed by atoms with Crippen LogP contribution in [0.25, 0.3) is 0 Å². The number of aromatic nitrogens is 3. The molecule has 5 nitrogen and oxygen atoms in total. The van der Waals surface area contributed by atoms with E-state index in [0.717, 1.165) is 11.3 Å². The highest BCUT2D eigenvalue weighted by atomic mass is 35.5. The van der Waals surface area contributed by atoms with Crippen LogP contribution < -0.4 is 10.5 Å². The molecule has 16 heavy (non-hydrogen) atoms. The average molecular weight is 239 g/mol. The van der Waals surface area contributed by atoms with Gasteiger partial charge in [-0.25, -0.2) is 4.98 Å². The van der Waals surface area contributed by atoms with Gasteiger partial charge in [-0.15, -0.1) is 5.10 Å². The fourth-order valence-electron chi connectivity index (χ4n) is 1.24. The van der Waals surface area contributed by atoms with E-state index in [1.807, 2.05) is 6.92 Å². The van der Waals surface area contributed by atoms with Gasteiger partial charge < -0.3 is 10.5 Å². The van der Waals surface area contributed by atoms with E-state index in [1.165, 1.54) is 0 Å². The highest BCUT2D eigenvalue weighted by Crippen LogP contribution is 2.28. The van der Waals surface area contributed by atoms with Gasteiger partial charge in [-0.3, -0.25) is 5.10 Å². The van der Waals surface area contributed by atoms with Crippen LogP contribution in [0, 0.1) is 6.92 Å². The van der Waals surface area contributed by atoms with E-state index < -0.39 is 0 Å². The van der Waals surface area contributed by atoms with Crippen LogP contribution in [0.5, 0.6) is 11.8 Å². The lowest BCUT2D eigenvalue weighted by atomic mass is 10.3. The molecule has 0 fully saturated rings. The molecule has 2 rings (SSSR count). The topological polar surface area (TPSA) is 76.8 Å². The van der Waals surface area contributed by atoms with E-state index in [2.05, 4.69) is 15.2 Å². The molecule has 0 aromatic carbocycles. The summed E-state index contributed by atoms with van der Waals surface area (Å²) in [6, 6.07) is 3.51. The molecule has 0 saturated carbocycles. The second kappa shape index (κ2) is 4.51. The van der Waals surface area contributed by atoms with Crippen molar-refractivity contribution in [2.24, 2.45) is 5.73 Å². The Bertz CT molecular complexity index is 497. The fraction of sp³-hybridized carbons (Fsp3) is 0.200. The van der Waals surface area contributed by atoms with Gasteiger partial charge in [0.2, 0.25) is 11.8 Å². The maximum atomic E-state index is 6.06. The van der Waals surface area contributed by atoms with E-state index in [4.69, 9.17) is 22.1 Å². The first kappa shape index (κ1) is 10.9. The van der Waals surface area contributed by atoms with Gasteiger partial charge in [-0.05, 0) is 18.6 Å².